The number of hydrogen-bond acceptors (Lipinski definition) is 3. The van der Waals surface area contributed by atoms with Crippen molar-refractivity contribution in [3.05, 3.63) is 71.3 Å². The molecular formula is C25H29N3O3. The minimum Gasteiger partial charge on any atom is -0.342 e. The molecule has 6 heteroatoms. The van der Waals surface area contributed by atoms with Crippen LogP contribution in [-0.4, -0.2) is 46.3 Å². The molecule has 31 heavy (non-hydrogen) atoms. The summed E-state index contributed by atoms with van der Waals surface area (Å²) in [6.45, 7) is 5.22. The Morgan fingerprint density at radius 2 is 1.68 bits per heavy atom. The van der Waals surface area contributed by atoms with Crippen LogP contribution in [0.3, 0.4) is 0 Å². The number of imide groups is 1. The molecular weight excluding hydrogens is 390 g/mol. The number of nitrogens with one attached hydrogen (secondary N) is 1. The monoisotopic (exact) mass is 419 g/mol. The van der Waals surface area contributed by atoms with Gasteiger partial charge in [-0.15, -0.1) is 0 Å². The molecule has 0 aromatic heterocycles. The number of carbonyl (C=O) groups is 3. The van der Waals surface area contributed by atoms with E-state index in [-0.39, 0.29) is 30.3 Å². The molecule has 4 amide bonds. The average Bonchev–Trinajstić information content (AvgIpc) is 3.01. The molecule has 2 aromatic rings. The number of amides is 4. The molecule has 162 valence electrons. The van der Waals surface area contributed by atoms with Crippen LogP contribution in [0.4, 0.5) is 4.79 Å². The maximum atomic E-state index is 13.2. The Morgan fingerprint density at radius 3 is 2.29 bits per heavy atom. The number of piperidine rings is 1. The molecule has 0 aliphatic carbocycles. The summed E-state index contributed by atoms with van der Waals surface area (Å²) in [6.07, 6.45) is 1.61. The molecule has 2 aliphatic heterocycles. The second-order valence-electron chi connectivity index (χ2n) is 8.59. The van der Waals surface area contributed by atoms with Gasteiger partial charge in [-0.2, -0.15) is 0 Å². The smallest absolute Gasteiger partial charge is 0.325 e. The molecule has 1 N–H and O–H groups in total. The second kappa shape index (κ2) is 8.53. The number of benzene rings is 2. The highest BCUT2D eigenvalue weighted by Gasteiger charge is 2.52. The largest absolute Gasteiger partial charge is 0.342 e. The Kier molecular flexibility index (Phi) is 5.81. The van der Waals surface area contributed by atoms with Crippen molar-refractivity contribution in [1.82, 2.24) is 15.1 Å². The van der Waals surface area contributed by atoms with Gasteiger partial charge < -0.3 is 10.2 Å². The van der Waals surface area contributed by atoms with Gasteiger partial charge in [-0.25, -0.2) is 4.79 Å². The number of likely N-dealkylation sites (tertiary alicyclic amines) is 1. The van der Waals surface area contributed by atoms with Gasteiger partial charge in [0.15, 0.2) is 0 Å². The topological polar surface area (TPSA) is 69.7 Å². The quantitative estimate of drug-likeness (QED) is 0.753. The minimum absolute atomic E-state index is 0.0943. The van der Waals surface area contributed by atoms with Gasteiger partial charge in [-0.05, 0) is 37.3 Å². The number of rotatable bonds is 5. The summed E-state index contributed by atoms with van der Waals surface area (Å²) in [5.74, 6) is -0.265. The van der Waals surface area contributed by atoms with E-state index in [2.05, 4.69) is 5.32 Å². The van der Waals surface area contributed by atoms with Crippen molar-refractivity contribution in [1.29, 1.82) is 0 Å². The highest BCUT2D eigenvalue weighted by atomic mass is 16.2. The molecule has 2 saturated heterocycles. The van der Waals surface area contributed by atoms with Crippen molar-refractivity contribution in [2.75, 3.05) is 13.1 Å². The lowest BCUT2D eigenvalue weighted by atomic mass is 9.86. The fourth-order valence-corrected chi connectivity index (χ4v) is 4.60. The van der Waals surface area contributed by atoms with E-state index in [1.807, 2.05) is 73.3 Å². The molecule has 0 saturated carbocycles. The van der Waals surface area contributed by atoms with Gasteiger partial charge in [-0.3, -0.25) is 14.5 Å². The van der Waals surface area contributed by atoms with Crippen LogP contribution < -0.4 is 5.32 Å². The highest BCUT2D eigenvalue weighted by molar-refractivity contribution is 6.07. The van der Waals surface area contributed by atoms with Crippen molar-refractivity contribution in [2.45, 2.75) is 51.1 Å². The zero-order valence-corrected chi connectivity index (χ0v) is 18.1. The molecule has 4 rings (SSSR count). The van der Waals surface area contributed by atoms with E-state index in [4.69, 9.17) is 0 Å². The van der Waals surface area contributed by atoms with Gasteiger partial charge in [0.05, 0.1) is 12.5 Å². The van der Waals surface area contributed by atoms with Crippen LogP contribution in [0.25, 0.3) is 0 Å². The highest BCUT2D eigenvalue weighted by Crippen LogP contribution is 2.32. The van der Waals surface area contributed by atoms with Crippen LogP contribution in [0.2, 0.25) is 0 Å². The summed E-state index contributed by atoms with van der Waals surface area (Å²) in [5.41, 5.74) is 2.18. The summed E-state index contributed by atoms with van der Waals surface area (Å²) in [7, 11) is 0. The Labute approximate surface area is 183 Å². The first-order valence-electron chi connectivity index (χ1n) is 11.0. The fourth-order valence-electron chi connectivity index (χ4n) is 4.60. The van der Waals surface area contributed by atoms with Crippen molar-refractivity contribution in [2.24, 2.45) is 0 Å². The van der Waals surface area contributed by atoms with Gasteiger partial charge in [0.1, 0.15) is 5.54 Å². The molecule has 2 aliphatic rings. The van der Waals surface area contributed by atoms with Gasteiger partial charge in [-0.1, -0.05) is 67.1 Å². The van der Waals surface area contributed by atoms with Gasteiger partial charge in [0.25, 0.3) is 5.91 Å². The molecule has 2 aromatic carbocycles. The number of nitrogens with zero attached hydrogens (tertiary/aromatic N) is 2. The third-order valence-electron chi connectivity index (χ3n) is 6.54. The minimum atomic E-state index is -0.896. The van der Waals surface area contributed by atoms with Crippen LogP contribution in [0.15, 0.2) is 54.6 Å². The van der Waals surface area contributed by atoms with Crippen LogP contribution in [-0.2, 0) is 16.1 Å². The molecule has 2 heterocycles. The molecule has 1 spiro atoms. The Hall–Kier alpha value is -3.15. The van der Waals surface area contributed by atoms with E-state index < -0.39 is 5.54 Å². The predicted molar refractivity (Wildman–Crippen MR) is 118 cm³/mol. The third kappa shape index (κ3) is 4.07. The predicted octanol–water partition coefficient (Wildman–Crippen LogP) is 3.60. The lowest BCUT2D eigenvalue weighted by Crippen LogP contribution is -2.56. The average molecular weight is 420 g/mol. The molecule has 0 radical (unpaired) electrons. The first-order chi connectivity index (χ1) is 14.9. The summed E-state index contributed by atoms with van der Waals surface area (Å²) in [4.78, 5) is 42.1. The normalized spacial score (nSPS) is 18.9. The van der Waals surface area contributed by atoms with Crippen LogP contribution in [0, 0.1) is 6.92 Å². The number of urea groups is 1. The zero-order valence-electron chi connectivity index (χ0n) is 18.1. The molecule has 0 bridgehead atoms. The van der Waals surface area contributed by atoms with Gasteiger partial charge in [0, 0.05) is 13.1 Å². The lowest BCUT2D eigenvalue weighted by Gasteiger charge is -2.38. The summed E-state index contributed by atoms with van der Waals surface area (Å²) in [5, 5.41) is 2.93. The summed E-state index contributed by atoms with van der Waals surface area (Å²) in [6, 6.07) is 17.3. The Bertz CT molecular complexity index is 963. The van der Waals surface area contributed by atoms with Crippen LogP contribution >= 0.6 is 0 Å². The van der Waals surface area contributed by atoms with Crippen LogP contribution in [0.5, 0.6) is 0 Å². The molecule has 2 fully saturated rings. The molecule has 0 unspecified atom stereocenters. The standard InChI is InChI=1S/C25H29N3O3/c1-3-21(20-7-5-4-6-8-20)22(29)27-15-13-25(14-16-27)23(30)28(24(31)26-25)17-19-11-9-18(2)10-12-19/h4-12,21H,3,13-17H2,1-2H3,(H,26,31)/t21-/m0/s1. The van der Waals surface area contributed by atoms with E-state index in [1.165, 1.54) is 4.90 Å². The van der Waals surface area contributed by atoms with E-state index in [0.717, 1.165) is 23.1 Å². The number of aryl methyl sites for hydroxylation is 1. The van der Waals surface area contributed by atoms with Gasteiger partial charge in [0.2, 0.25) is 5.91 Å². The summed E-state index contributed by atoms with van der Waals surface area (Å²) >= 11 is 0. The fraction of sp³-hybridized carbons (Fsp3) is 0.400. The lowest BCUT2D eigenvalue weighted by molar-refractivity contribution is -0.139. The second-order valence-corrected chi connectivity index (χ2v) is 8.59. The number of hydrogen-bond donors (Lipinski definition) is 1. The van der Waals surface area contributed by atoms with E-state index in [0.29, 0.717) is 25.9 Å². The van der Waals surface area contributed by atoms with E-state index in [1.54, 1.807) is 0 Å². The van der Waals surface area contributed by atoms with E-state index >= 15 is 0 Å². The maximum absolute atomic E-state index is 13.2. The molecule has 6 nitrogen and oxygen atoms in total. The molecule has 1 atom stereocenters. The number of carbonyl (C=O) groups excluding carboxylic acids is 3. The van der Waals surface area contributed by atoms with Gasteiger partial charge >= 0.3 is 6.03 Å². The first-order valence-corrected chi connectivity index (χ1v) is 11.0. The van der Waals surface area contributed by atoms with Crippen molar-refractivity contribution in [3.63, 3.8) is 0 Å². The Morgan fingerprint density at radius 1 is 1.03 bits per heavy atom. The first kappa shape index (κ1) is 21.1. The van der Waals surface area contributed by atoms with Crippen LogP contribution in [0.1, 0.15) is 48.8 Å². The third-order valence-corrected chi connectivity index (χ3v) is 6.54. The SMILES string of the molecule is CC[C@H](C(=O)N1CCC2(CC1)NC(=O)N(Cc1ccc(C)cc1)C2=O)c1ccccc1. The Balaban J connectivity index is 1.42. The van der Waals surface area contributed by atoms with E-state index in [9.17, 15) is 14.4 Å². The van der Waals surface area contributed by atoms with Crippen molar-refractivity contribution >= 4 is 17.8 Å². The zero-order chi connectivity index (χ0) is 22.0. The van der Waals surface area contributed by atoms with Crippen molar-refractivity contribution < 1.29 is 14.4 Å². The summed E-state index contributed by atoms with van der Waals surface area (Å²) < 4.78 is 0. The van der Waals surface area contributed by atoms with Crippen molar-refractivity contribution in [3.8, 4) is 0 Å². The maximum Gasteiger partial charge on any atom is 0.325 e.